The maximum absolute atomic E-state index is 13.9. The van der Waals surface area contributed by atoms with Crippen molar-refractivity contribution < 1.29 is 14.2 Å². The lowest BCUT2D eigenvalue weighted by Crippen LogP contribution is -2.24. The third-order valence-electron chi connectivity index (χ3n) is 3.42. The predicted molar refractivity (Wildman–Crippen MR) is 64.4 cm³/mol. The molecule has 3 heteroatoms. The summed E-state index contributed by atoms with van der Waals surface area (Å²) in [6, 6.07) is 3.39. The molecule has 2 nitrogen and oxygen atoms in total. The fourth-order valence-electron chi connectivity index (χ4n) is 2.55. The molecule has 94 valence electrons. The van der Waals surface area contributed by atoms with Crippen LogP contribution in [0.15, 0.2) is 12.1 Å². The van der Waals surface area contributed by atoms with Gasteiger partial charge in [-0.15, -0.1) is 0 Å². The third kappa shape index (κ3) is 2.67. The monoisotopic (exact) mass is 238 g/mol. The van der Waals surface area contributed by atoms with Crippen molar-refractivity contribution in [1.29, 1.82) is 0 Å². The number of rotatable bonds is 2. The molecule has 1 aromatic rings. The van der Waals surface area contributed by atoms with Crippen LogP contribution in [0.5, 0.6) is 0 Å². The highest BCUT2D eigenvalue weighted by Gasteiger charge is 2.27. The zero-order valence-electron chi connectivity index (χ0n) is 10.4. The second kappa shape index (κ2) is 5.15. The highest BCUT2D eigenvalue weighted by molar-refractivity contribution is 5.34. The molecule has 1 heterocycles. The summed E-state index contributed by atoms with van der Waals surface area (Å²) in [5, 5.41) is 10.3. The van der Waals surface area contributed by atoms with Crippen molar-refractivity contribution in [3.63, 3.8) is 0 Å². The van der Waals surface area contributed by atoms with Crippen molar-refractivity contribution in [2.45, 2.75) is 32.8 Å². The fourth-order valence-corrected chi connectivity index (χ4v) is 2.55. The molecular formula is C14H19FO2. The van der Waals surface area contributed by atoms with E-state index < -0.39 is 6.10 Å². The van der Waals surface area contributed by atoms with Crippen LogP contribution in [0.25, 0.3) is 0 Å². The standard InChI is InChI=1S/C14H19FO2/c1-9-6-10(2)13(12(15)7-9)14(16)11-4-3-5-17-8-11/h6-7,11,14,16H,3-5,8H2,1-2H3. The molecule has 0 amide bonds. The molecule has 2 unspecified atom stereocenters. The Morgan fingerprint density at radius 1 is 1.41 bits per heavy atom. The van der Waals surface area contributed by atoms with Crippen LogP contribution in [-0.2, 0) is 4.74 Å². The van der Waals surface area contributed by atoms with Crippen LogP contribution in [0.3, 0.4) is 0 Å². The Morgan fingerprint density at radius 2 is 2.18 bits per heavy atom. The van der Waals surface area contributed by atoms with Gasteiger partial charge in [0.2, 0.25) is 0 Å². The summed E-state index contributed by atoms with van der Waals surface area (Å²) in [5.41, 5.74) is 2.14. The number of benzene rings is 1. The highest BCUT2D eigenvalue weighted by Crippen LogP contribution is 2.32. The molecule has 0 aliphatic carbocycles. The maximum Gasteiger partial charge on any atom is 0.129 e. The Labute approximate surface area is 101 Å². The van der Waals surface area contributed by atoms with Gasteiger partial charge in [-0.2, -0.15) is 0 Å². The second-order valence-electron chi connectivity index (χ2n) is 4.90. The Balaban J connectivity index is 2.26. The second-order valence-corrected chi connectivity index (χ2v) is 4.90. The Bertz CT molecular complexity index is 374. The smallest absolute Gasteiger partial charge is 0.129 e. The minimum Gasteiger partial charge on any atom is -0.388 e. The van der Waals surface area contributed by atoms with Crippen LogP contribution in [0.2, 0.25) is 0 Å². The molecule has 1 N–H and O–H groups in total. The first-order chi connectivity index (χ1) is 8.09. The molecule has 0 saturated carbocycles. The van der Waals surface area contributed by atoms with Crippen molar-refractivity contribution in [3.05, 3.63) is 34.6 Å². The number of hydrogen-bond donors (Lipinski definition) is 1. The van der Waals surface area contributed by atoms with Gasteiger partial charge in [0.25, 0.3) is 0 Å². The number of hydrogen-bond acceptors (Lipinski definition) is 2. The van der Waals surface area contributed by atoms with Gasteiger partial charge >= 0.3 is 0 Å². The number of aliphatic hydroxyl groups excluding tert-OH is 1. The molecule has 0 aromatic heterocycles. The number of aryl methyl sites for hydroxylation is 2. The van der Waals surface area contributed by atoms with Crippen molar-refractivity contribution in [1.82, 2.24) is 0 Å². The molecule has 1 aromatic carbocycles. The predicted octanol–water partition coefficient (Wildman–Crippen LogP) is 2.90. The third-order valence-corrected chi connectivity index (χ3v) is 3.42. The highest BCUT2D eigenvalue weighted by atomic mass is 19.1. The molecule has 2 rings (SSSR count). The Morgan fingerprint density at radius 3 is 2.76 bits per heavy atom. The van der Waals surface area contributed by atoms with Gasteiger partial charge in [-0.1, -0.05) is 6.07 Å². The summed E-state index contributed by atoms with van der Waals surface area (Å²) < 4.78 is 19.3. The fraction of sp³-hybridized carbons (Fsp3) is 0.571. The zero-order chi connectivity index (χ0) is 12.4. The molecule has 1 fully saturated rings. The molecule has 2 atom stereocenters. The van der Waals surface area contributed by atoms with Gasteiger partial charge in [0.1, 0.15) is 5.82 Å². The first-order valence-electron chi connectivity index (χ1n) is 6.12. The van der Waals surface area contributed by atoms with E-state index in [2.05, 4.69) is 0 Å². The van der Waals surface area contributed by atoms with E-state index in [-0.39, 0.29) is 11.7 Å². The van der Waals surface area contributed by atoms with Crippen LogP contribution in [0.4, 0.5) is 4.39 Å². The number of aliphatic hydroxyl groups is 1. The van der Waals surface area contributed by atoms with E-state index >= 15 is 0 Å². The van der Waals surface area contributed by atoms with E-state index in [9.17, 15) is 9.50 Å². The topological polar surface area (TPSA) is 29.5 Å². The van der Waals surface area contributed by atoms with E-state index in [0.29, 0.717) is 12.2 Å². The first-order valence-corrected chi connectivity index (χ1v) is 6.12. The van der Waals surface area contributed by atoms with Gasteiger partial charge in [-0.3, -0.25) is 0 Å². The summed E-state index contributed by atoms with van der Waals surface area (Å²) in [5.74, 6) is -0.291. The summed E-state index contributed by atoms with van der Waals surface area (Å²) in [4.78, 5) is 0. The average molecular weight is 238 g/mol. The lowest BCUT2D eigenvalue weighted by Gasteiger charge is -2.28. The zero-order valence-corrected chi connectivity index (χ0v) is 10.4. The quantitative estimate of drug-likeness (QED) is 0.858. The minimum absolute atomic E-state index is 0.0136. The molecule has 17 heavy (non-hydrogen) atoms. The molecule has 0 radical (unpaired) electrons. The van der Waals surface area contributed by atoms with Gasteiger partial charge in [0.15, 0.2) is 0 Å². The van der Waals surface area contributed by atoms with Gasteiger partial charge < -0.3 is 9.84 Å². The van der Waals surface area contributed by atoms with Gasteiger partial charge in [0.05, 0.1) is 12.7 Å². The summed E-state index contributed by atoms with van der Waals surface area (Å²) in [7, 11) is 0. The van der Waals surface area contributed by atoms with E-state index in [0.717, 1.165) is 30.6 Å². The normalized spacial score (nSPS) is 22.5. The van der Waals surface area contributed by atoms with Gasteiger partial charge in [0, 0.05) is 18.1 Å². The maximum atomic E-state index is 13.9. The number of ether oxygens (including phenoxy) is 1. The van der Waals surface area contributed by atoms with Crippen LogP contribution in [0, 0.1) is 25.6 Å². The molecule has 1 aliphatic rings. The molecule has 0 bridgehead atoms. The molecule has 1 saturated heterocycles. The molecule has 1 aliphatic heterocycles. The largest absolute Gasteiger partial charge is 0.388 e. The summed E-state index contributed by atoms with van der Waals surface area (Å²) in [6.07, 6.45) is 1.08. The van der Waals surface area contributed by atoms with Crippen molar-refractivity contribution in [3.8, 4) is 0 Å². The van der Waals surface area contributed by atoms with Gasteiger partial charge in [-0.05, 0) is 43.9 Å². The summed E-state index contributed by atoms with van der Waals surface area (Å²) >= 11 is 0. The Kier molecular flexibility index (Phi) is 3.79. The first kappa shape index (κ1) is 12.5. The van der Waals surface area contributed by atoms with Crippen molar-refractivity contribution in [2.75, 3.05) is 13.2 Å². The van der Waals surface area contributed by atoms with Crippen molar-refractivity contribution >= 4 is 0 Å². The van der Waals surface area contributed by atoms with Crippen molar-refractivity contribution in [2.24, 2.45) is 5.92 Å². The Hall–Kier alpha value is -0.930. The van der Waals surface area contributed by atoms with Gasteiger partial charge in [-0.25, -0.2) is 4.39 Å². The van der Waals surface area contributed by atoms with E-state index in [4.69, 9.17) is 4.74 Å². The van der Waals surface area contributed by atoms with E-state index in [1.165, 1.54) is 6.07 Å². The van der Waals surface area contributed by atoms with Crippen LogP contribution < -0.4 is 0 Å². The van der Waals surface area contributed by atoms with Crippen LogP contribution in [-0.4, -0.2) is 18.3 Å². The summed E-state index contributed by atoms with van der Waals surface area (Å²) in [6.45, 7) is 4.97. The molecular weight excluding hydrogens is 219 g/mol. The van der Waals surface area contributed by atoms with Crippen LogP contribution >= 0.6 is 0 Å². The lowest BCUT2D eigenvalue weighted by atomic mass is 9.88. The van der Waals surface area contributed by atoms with E-state index in [1.807, 2.05) is 19.9 Å². The van der Waals surface area contributed by atoms with E-state index in [1.54, 1.807) is 0 Å². The SMILES string of the molecule is Cc1cc(C)c(C(O)C2CCCOC2)c(F)c1. The molecule has 0 spiro atoms. The minimum atomic E-state index is -0.754. The van der Waals surface area contributed by atoms with Crippen LogP contribution in [0.1, 0.15) is 35.6 Å². The lowest BCUT2D eigenvalue weighted by molar-refractivity contribution is -0.0114. The average Bonchev–Trinajstić information content (AvgIpc) is 2.28. The number of halogens is 1.